The summed E-state index contributed by atoms with van der Waals surface area (Å²) in [5.41, 5.74) is 0.819. The summed E-state index contributed by atoms with van der Waals surface area (Å²) in [6, 6.07) is 6.86. The number of amides is 1. The third-order valence-corrected chi connectivity index (χ3v) is 3.58. The van der Waals surface area contributed by atoms with Crippen molar-refractivity contribution < 1.29 is 9.53 Å². The van der Waals surface area contributed by atoms with Gasteiger partial charge in [0.25, 0.3) is 5.91 Å². The van der Waals surface area contributed by atoms with Gasteiger partial charge in [-0.3, -0.25) is 4.79 Å². The zero-order valence-corrected chi connectivity index (χ0v) is 12.4. The van der Waals surface area contributed by atoms with Gasteiger partial charge in [0, 0.05) is 17.5 Å². The minimum atomic E-state index is -0.195. The molecule has 1 aromatic carbocycles. The summed E-state index contributed by atoms with van der Waals surface area (Å²) in [6.07, 6.45) is 0. The zero-order chi connectivity index (χ0) is 14.4. The van der Waals surface area contributed by atoms with Crippen LogP contribution in [0.1, 0.15) is 5.69 Å². The molecule has 7 heteroatoms. The maximum Gasteiger partial charge on any atom is 0.258 e. The lowest BCUT2D eigenvalue weighted by atomic mass is 10.3. The zero-order valence-electron chi connectivity index (χ0n) is 10.9. The van der Waals surface area contributed by atoms with Gasteiger partial charge in [-0.2, -0.15) is 0 Å². The van der Waals surface area contributed by atoms with Crippen molar-refractivity contribution in [3.05, 3.63) is 40.4 Å². The molecule has 1 amide bonds. The van der Waals surface area contributed by atoms with Crippen molar-refractivity contribution >= 4 is 34.0 Å². The molecule has 1 heterocycles. The predicted octanol–water partition coefficient (Wildman–Crippen LogP) is 2.53. The van der Waals surface area contributed by atoms with E-state index >= 15 is 0 Å². The van der Waals surface area contributed by atoms with E-state index in [0.717, 1.165) is 10.8 Å². The molecule has 0 atom stereocenters. The highest BCUT2D eigenvalue weighted by Crippen LogP contribution is 2.15. The van der Waals surface area contributed by atoms with Gasteiger partial charge in [0.15, 0.2) is 11.7 Å². The molecule has 0 saturated heterocycles. The van der Waals surface area contributed by atoms with Gasteiger partial charge in [-0.25, -0.2) is 4.98 Å². The van der Waals surface area contributed by atoms with Crippen molar-refractivity contribution in [1.29, 1.82) is 0 Å². The first-order valence-corrected chi connectivity index (χ1v) is 7.20. The van der Waals surface area contributed by atoms with Gasteiger partial charge < -0.3 is 15.4 Å². The Bertz CT molecular complexity index is 571. The molecular weight excluding hydrogens is 298 g/mol. The molecule has 2 N–H and O–H groups in total. The van der Waals surface area contributed by atoms with E-state index < -0.39 is 0 Å². The van der Waals surface area contributed by atoms with E-state index in [1.165, 1.54) is 11.3 Å². The number of benzene rings is 1. The van der Waals surface area contributed by atoms with Gasteiger partial charge in [-0.15, -0.1) is 11.3 Å². The molecule has 0 spiro atoms. The number of nitrogens with one attached hydrogen (secondary N) is 2. The number of aromatic nitrogens is 1. The number of thiazole rings is 1. The Balaban J connectivity index is 1.74. The number of carbonyl (C=O) groups excluding carboxylic acids is 1. The fraction of sp³-hybridized carbons (Fsp3) is 0.231. The summed E-state index contributed by atoms with van der Waals surface area (Å²) in [5.74, 6) is 0.412. The molecule has 2 rings (SSSR count). The van der Waals surface area contributed by atoms with Gasteiger partial charge in [-0.05, 0) is 24.3 Å². The van der Waals surface area contributed by atoms with Gasteiger partial charge in [0.1, 0.15) is 5.75 Å². The molecule has 2 aromatic rings. The van der Waals surface area contributed by atoms with Crippen LogP contribution >= 0.6 is 22.9 Å². The average molecular weight is 312 g/mol. The fourth-order valence-corrected chi connectivity index (χ4v) is 2.22. The second-order valence-electron chi connectivity index (χ2n) is 3.91. The van der Waals surface area contributed by atoms with Crippen molar-refractivity contribution in [1.82, 2.24) is 10.3 Å². The van der Waals surface area contributed by atoms with Gasteiger partial charge in [0.05, 0.1) is 12.2 Å². The third-order valence-electron chi connectivity index (χ3n) is 2.42. The molecular formula is C13H14ClN3O2S. The van der Waals surface area contributed by atoms with E-state index in [1.807, 2.05) is 5.38 Å². The molecule has 5 nitrogen and oxygen atoms in total. The molecule has 0 aliphatic heterocycles. The van der Waals surface area contributed by atoms with Crippen LogP contribution in [-0.4, -0.2) is 24.5 Å². The molecule has 0 fully saturated rings. The van der Waals surface area contributed by atoms with E-state index in [4.69, 9.17) is 16.3 Å². The van der Waals surface area contributed by atoms with E-state index in [1.54, 1.807) is 31.3 Å². The lowest BCUT2D eigenvalue weighted by Crippen LogP contribution is -2.28. The van der Waals surface area contributed by atoms with Crippen molar-refractivity contribution in [2.24, 2.45) is 0 Å². The Morgan fingerprint density at radius 3 is 2.80 bits per heavy atom. The van der Waals surface area contributed by atoms with Crippen LogP contribution in [0, 0.1) is 0 Å². The van der Waals surface area contributed by atoms with Crippen molar-refractivity contribution in [2.45, 2.75) is 6.54 Å². The van der Waals surface area contributed by atoms with Crippen LogP contribution in [0.25, 0.3) is 0 Å². The number of halogens is 1. The van der Waals surface area contributed by atoms with Crippen LogP contribution < -0.4 is 15.4 Å². The topological polar surface area (TPSA) is 63.2 Å². The molecule has 0 radical (unpaired) electrons. The van der Waals surface area contributed by atoms with Gasteiger partial charge >= 0.3 is 0 Å². The van der Waals surface area contributed by atoms with Crippen molar-refractivity contribution in [3.8, 4) is 5.75 Å². The highest BCUT2D eigenvalue weighted by Gasteiger charge is 2.05. The number of rotatable bonds is 6. The van der Waals surface area contributed by atoms with Crippen LogP contribution in [0.4, 0.5) is 5.13 Å². The maximum absolute atomic E-state index is 11.6. The number of nitrogens with zero attached hydrogens (tertiary/aromatic N) is 1. The van der Waals surface area contributed by atoms with E-state index in [-0.39, 0.29) is 12.5 Å². The average Bonchev–Trinajstić information content (AvgIpc) is 2.92. The number of anilines is 1. The standard InChI is InChI=1S/C13H14ClN3O2S/c1-15-13-17-10(8-20-13)6-16-12(18)7-19-11-4-2-9(14)3-5-11/h2-5,8H,6-7H2,1H3,(H,15,17)(H,16,18). The Labute approximate surface area is 125 Å². The van der Waals surface area contributed by atoms with E-state index in [2.05, 4.69) is 15.6 Å². The van der Waals surface area contributed by atoms with Crippen LogP contribution in [0.5, 0.6) is 5.75 Å². The maximum atomic E-state index is 11.6. The number of ether oxygens (including phenoxy) is 1. The monoisotopic (exact) mass is 311 g/mol. The number of carbonyl (C=O) groups is 1. The second-order valence-corrected chi connectivity index (χ2v) is 5.21. The van der Waals surface area contributed by atoms with Crippen LogP contribution in [0.2, 0.25) is 5.02 Å². The molecule has 20 heavy (non-hydrogen) atoms. The highest BCUT2D eigenvalue weighted by molar-refractivity contribution is 7.13. The minimum Gasteiger partial charge on any atom is -0.484 e. The van der Waals surface area contributed by atoms with E-state index in [9.17, 15) is 4.79 Å². The quantitative estimate of drug-likeness (QED) is 0.860. The molecule has 0 unspecified atom stereocenters. The molecule has 0 aliphatic carbocycles. The Morgan fingerprint density at radius 1 is 1.40 bits per heavy atom. The first-order valence-electron chi connectivity index (χ1n) is 5.94. The minimum absolute atomic E-state index is 0.0370. The summed E-state index contributed by atoms with van der Waals surface area (Å²) in [7, 11) is 1.81. The van der Waals surface area contributed by atoms with Gasteiger partial charge in [-0.1, -0.05) is 11.6 Å². The molecule has 0 aliphatic rings. The molecule has 0 bridgehead atoms. The lowest BCUT2D eigenvalue weighted by Gasteiger charge is -2.06. The normalized spacial score (nSPS) is 10.1. The van der Waals surface area contributed by atoms with Gasteiger partial charge in [0.2, 0.25) is 0 Å². The largest absolute Gasteiger partial charge is 0.484 e. The SMILES string of the molecule is CNc1nc(CNC(=O)COc2ccc(Cl)cc2)cs1. The molecule has 106 valence electrons. The van der Waals surface area contributed by atoms with Crippen LogP contribution in [0.3, 0.4) is 0 Å². The Kier molecular flexibility index (Phi) is 5.20. The van der Waals surface area contributed by atoms with Crippen molar-refractivity contribution in [2.75, 3.05) is 19.0 Å². The summed E-state index contributed by atoms with van der Waals surface area (Å²) in [4.78, 5) is 15.9. The van der Waals surface area contributed by atoms with Crippen molar-refractivity contribution in [3.63, 3.8) is 0 Å². The molecule has 0 saturated carbocycles. The third kappa shape index (κ3) is 4.40. The van der Waals surface area contributed by atoms with E-state index in [0.29, 0.717) is 17.3 Å². The fourth-order valence-electron chi connectivity index (χ4n) is 1.42. The summed E-state index contributed by atoms with van der Waals surface area (Å²) >= 11 is 7.26. The Morgan fingerprint density at radius 2 is 2.15 bits per heavy atom. The molecule has 1 aromatic heterocycles. The highest BCUT2D eigenvalue weighted by atomic mass is 35.5. The number of hydrogen-bond acceptors (Lipinski definition) is 5. The first-order chi connectivity index (χ1) is 9.67. The summed E-state index contributed by atoms with van der Waals surface area (Å²) < 4.78 is 5.34. The summed E-state index contributed by atoms with van der Waals surface area (Å²) in [5, 5.41) is 9.04. The number of hydrogen-bond donors (Lipinski definition) is 2. The smallest absolute Gasteiger partial charge is 0.258 e. The first kappa shape index (κ1) is 14.6. The predicted molar refractivity (Wildman–Crippen MR) is 80.5 cm³/mol. The van der Waals surface area contributed by atoms with Crippen LogP contribution in [-0.2, 0) is 11.3 Å². The second kappa shape index (κ2) is 7.12. The Hall–Kier alpha value is -1.79. The van der Waals surface area contributed by atoms with Crippen LogP contribution in [0.15, 0.2) is 29.6 Å². The summed E-state index contributed by atoms with van der Waals surface area (Å²) in [6.45, 7) is 0.353. The lowest BCUT2D eigenvalue weighted by molar-refractivity contribution is -0.123.